The second-order valence-electron chi connectivity index (χ2n) is 6.58. The van der Waals surface area contributed by atoms with E-state index in [4.69, 9.17) is 4.42 Å². The molecule has 1 fully saturated rings. The first-order chi connectivity index (χ1) is 12.6. The first-order valence-corrected chi connectivity index (χ1v) is 8.97. The first kappa shape index (κ1) is 18.2. The Labute approximate surface area is 152 Å². The molecule has 0 spiro atoms. The van der Waals surface area contributed by atoms with Gasteiger partial charge in [-0.1, -0.05) is 30.3 Å². The molecule has 2 aromatic rings. The van der Waals surface area contributed by atoms with Gasteiger partial charge < -0.3 is 14.8 Å². The van der Waals surface area contributed by atoms with Crippen molar-refractivity contribution in [3.63, 3.8) is 0 Å². The van der Waals surface area contributed by atoms with Gasteiger partial charge in [0, 0.05) is 19.5 Å². The number of carboxylic acid groups (broad SMARTS) is 1. The van der Waals surface area contributed by atoms with Crippen LogP contribution in [0, 0.1) is 0 Å². The average molecular weight is 356 g/mol. The zero-order valence-corrected chi connectivity index (χ0v) is 14.6. The molecule has 6 heteroatoms. The van der Waals surface area contributed by atoms with Crippen LogP contribution < -0.4 is 5.32 Å². The van der Waals surface area contributed by atoms with E-state index in [-0.39, 0.29) is 5.91 Å². The molecular formula is C20H24N2O4. The molecule has 1 amide bonds. The second kappa shape index (κ2) is 8.67. The van der Waals surface area contributed by atoms with Gasteiger partial charge in [-0.3, -0.25) is 14.5 Å². The highest BCUT2D eigenvalue weighted by Crippen LogP contribution is 2.27. The predicted octanol–water partition coefficient (Wildman–Crippen LogP) is 2.45. The van der Waals surface area contributed by atoms with Crippen molar-refractivity contribution in [2.45, 2.75) is 44.3 Å². The van der Waals surface area contributed by atoms with Crippen LogP contribution in [0.3, 0.4) is 0 Å². The van der Waals surface area contributed by atoms with Gasteiger partial charge in [-0.05, 0) is 37.0 Å². The van der Waals surface area contributed by atoms with Crippen LogP contribution in [0.5, 0.6) is 0 Å². The van der Waals surface area contributed by atoms with Crippen molar-refractivity contribution in [2.24, 2.45) is 0 Å². The van der Waals surface area contributed by atoms with E-state index in [2.05, 4.69) is 5.32 Å². The standard InChI is InChI=1S/C20H24N2O4/c23-19(21-12-4-8-16-9-5-13-26-16)17-10-11-18(20(24)25)22(17)14-15-6-2-1-3-7-15/h1-3,5-7,9,13,17-18H,4,8,10-12,14H2,(H,21,23)(H,24,25). The molecule has 1 saturated heterocycles. The maximum Gasteiger partial charge on any atom is 0.320 e. The Hall–Kier alpha value is -2.60. The number of rotatable bonds is 8. The summed E-state index contributed by atoms with van der Waals surface area (Å²) >= 11 is 0. The molecule has 26 heavy (non-hydrogen) atoms. The minimum atomic E-state index is -0.867. The lowest BCUT2D eigenvalue weighted by Crippen LogP contribution is -2.47. The molecule has 6 nitrogen and oxygen atoms in total. The molecule has 2 heterocycles. The van der Waals surface area contributed by atoms with Crippen LogP contribution in [0.2, 0.25) is 0 Å². The van der Waals surface area contributed by atoms with Crippen molar-refractivity contribution in [3.8, 4) is 0 Å². The smallest absolute Gasteiger partial charge is 0.320 e. The third-order valence-corrected chi connectivity index (χ3v) is 4.79. The molecule has 1 aliphatic heterocycles. The number of furan rings is 1. The maximum atomic E-state index is 12.6. The minimum Gasteiger partial charge on any atom is -0.480 e. The molecule has 1 aromatic heterocycles. The number of carboxylic acids is 1. The predicted molar refractivity (Wildman–Crippen MR) is 96.5 cm³/mol. The molecule has 0 saturated carbocycles. The number of aliphatic carboxylic acids is 1. The SMILES string of the molecule is O=C(O)C1CCC(C(=O)NCCCc2ccco2)N1Cc1ccccc1. The summed E-state index contributed by atoms with van der Waals surface area (Å²) in [5, 5.41) is 12.4. The number of hydrogen-bond donors (Lipinski definition) is 2. The number of nitrogens with one attached hydrogen (secondary N) is 1. The Morgan fingerprint density at radius 2 is 1.88 bits per heavy atom. The molecule has 2 atom stereocenters. The highest BCUT2D eigenvalue weighted by atomic mass is 16.4. The Bertz CT molecular complexity index is 715. The Morgan fingerprint density at radius 1 is 1.12 bits per heavy atom. The Morgan fingerprint density at radius 3 is 2.58 bits per heavy atom. The van der Waals surface area contributed by atoms with Crippen LogP contribution in [0.1, 0.15) is 30.6 Å². The van der Waals surface area contributed by atoms with Crippen molar-refractivity contribution in [2.75, 3.05) is 6.54 Å². The molecule has 2 N–H and O–H groups in total. The first-order valence-electron chi connectivity index (χ1n) is 8.97. The van der Waals surface area contributed by atoms with E-state index in [9.17, 15) is 14.7 Å². The van der Waals surface area contributed by atoms with Gasteiger partial charge in [-0.2, -0.15) is 0 Å². The number of carbonyl (C=O) groups is 2. The molecule has 1 aliphatic rings. The second-order valence-corrected chi connectivity index (χ2v) is 6.58. The van der Waals surface area contributed by atoms with Gasteiger partial charge in [0.15, 0.2) is 0 Å². The normalized spacial score (nSPS) is 20.2. The van der Waals surface area contributed by atoms with Gasteiger partial charge in [-0.25, -0.2) is 0 Å². The number of amides is 1. The summed E-state index contributed by atoms with van der Waals surface area (Å²) in [6.45, 7) is 1.01. The molecule has 0 radical (unpaired) electrons. The van der Waals surface area contributed by atoms with Gasteiger partial charge in [0.25, 0.3) is 0 Å². The van der Waals surface area contributed by atoms with E-state index in [0.717, 1.165) is 24.2 Å². The molecule has 3 rings (SSSR count). The fourth-order valence-corrected chi connectivity index (χ4v) is 3.47. The van der Waals surface area contributed by atoms with Gasteiger partial charge in [-0.15, -0.1) is 0 Å². The fourth-order valence-electron chi connectivity index (χ4n) is 3.47. The number of benzene rings is 1. The van der Waals surface area contributed by atoms with Crippen molar-refractivity contribution in [3.05, 3.63) is 60.1 Å². The zero-order chi connectivity index (χ0) is 18.4. The van der Waals surface area contributed by atoms with E-state index in [1.807, 2.05) is 42.5 Å². The van der Waals surface area contributed by atoms with E-state index < -0.39 is 18.1 Å². The van der Waals surface area contributed by atoms with Crippen molar-refractivity contribution in [1.82, 2.24) is 10.2 Å². The lowest BCUT2D eigenvalue weighted by molar-refractivity contribution is -0.143. The lowest BCUT2D eigenvalue weighted by atomic mass is 10.1. The van der Waals surface area contributed by atoms with Crippen LogP contribution in [0.15, 0.2) is 53.1 Å². The Balaban J connectivity index is 1.56. The monoisotopic (exact) mass is 356 g/mol. The van der Waals surface area contributed by atoms with E-state index in [1.165, 1.54) is 0 Å². The van der Waals surface area contributed by atoms with E-state index in [0.29, 0.717) is 25.9 Å². The number of likely N-dealkylation sites (tertiary alicyclic amines) is 1. The third kappa shape index (κ3) is 4.52. The van der Waals surface area contributed by atoms with Gasteiger partial charge in [0.2, 0.25) is 5.91 Å². The van der Waals surface area contributed by atoms with E-state index >= 15 is 0 Å². The molecule has 0 aliphatic carbocycles. The Kier molecular flexibility index (Phi) is 6.07. The topological polar surface area (TPSA) is 82.8 Å². The average Bonchev–Trinajstić information content (AvgIpc) is 3.29. The van der Waals surface area contributed by atoms with E-state index in [1.54, 1.807) is 11.2 Å². The number of aryl methyl sites for hydroxylation is 1. The summed E-state index contributed by atoms with van der Waals surface area (Å²) in [5.41, 5.74) is 1.01. The molecular weight excluding hydrogens is 332 g/mol. The van der Waals surface area contributed by atoms with Gasteiger partial charge >= 0.3 is 5.97 Å². The minimum absolute atomic E-state index is 0.0934. The highest BCUT2D eigenvalue weighted by molar-refractivity contribution is 5.84. The van der Waals surface area contributed by atoms with Crippen LogP contribution in [0.25, 0.3) is 0 Å². The molecule has 2 unspecified atom stereocenters. The summed E-state index contributed by atoms with van der Waals surface area (Å²) in [6, 6.07) is 12.4. The van der Waals surface area contributed by atoms with Crippen molar-refractivity contribution in [1.29, 1.82) is 0 Å². The largest absolute Gasteiger partial charge is 0.480 e. The number of carbonyl (C=O) groups excluding carboxylic acids is 1. The summed E-state index contributed by atoms with van der Waals surface area (Å²) in [7, 11) is 0. The summed E-state index contributed by atoms with van der Waals surface area (Å²) in [5.74, 6) is -0.0602. The summed E-state index contributed by atoms with van der Waals surface area (Å²) < 4.78 is 5.28. The van der Waals surface area contributed by atoms with Gasteiger partial charge in [0.05, 0.1) is 12.3 Å². The molecule has 1 aromatic carbocycles. The van der Waals surface area contributed by atoms with Crippen LogP contribution in [-0.2, 0) is 22.6 Å². The van der Waals surface area contributed by atoms with Gasteiger partial charge in [0.1, 0.15) is 11.8 Å². The summed E-state index contributed by atoms with van der Waals surface area (Å²) in [4.78, 5) is 26.0. The number of nitrogens with zero attached hydrogens (tertiary/aromatic N) is 1. The maximum absolute atomic E-state index is 12.6. The van der Waals surface area contributed by atoms with Crippen LogP contribution in [-0.4, -0.2) is 40.5 Å². The third-order valence-electron chi connectivity index (χ3n) is 4.79. The lowest BCUT2D eigenvalue weighted by Gasteiger charge is -2.27. The van der Waals surface area contributed by atoms with Crippen LogP contribution >= 0.6 is 0 Å². The van der Waals surface area contributed by atoms with Crippen molar-refractivity contribution >= 4 is 11.9 Å². The zero-order valence-electron chi connectivity index (χ0n) is 14.6. The fraction of sp³-hybridized carbons (Fsp3) is 0.400. The summed E-state index contributed by atoms with van der Waals surface area (Å²) in [6.07, 6.45) is 4.25. The highest BCUT2D eigenvalue weighted by Gasteiger charge is 2.41. The van der Waals surface area contributed by atoms with Crippen LogP contribution in [0.4, 0.5) is 0 Å². The number of hydrogen-bond acceptors (Lipinski definition) is 4. The quantitative estimate of drug-likeness (QED) is 0.710. The molecule has 0 bridgehead atoms. The van der Waals surface area contributed by atoms with Crippen molar-refractivity contribution < 1.29 is 19.1 Å². The molecule has 138 valence electrons.